The maximum atomic E-state index is 10.0. The average molecular weight is 245 g/mol. The predicted molar refractivity (Wildman–Crippen MR) is 72.9 cm³/mol. The molecule has 5 heteroatoms. The van der Waals surface area contributed by atoms with Crippen molar-refractivity contribution in [2.24, 2.45) is 0 Å². The van der Waals surface area contributed by atoms with Gasteiger partial charge in [0.25, 0.3) is 0 Å². The van der Waals surface area contributed by atoms with Gasteiger partial charge in [0.05, 0.1) is 28.6 Å². The van der Waals surface area contributed by atoms with Crippen LogP contribution in [0.5, 0.6) is 0 Å². The zero-order valence-corrected chi connectivity index (χ0v) is 11.2. The summed E-state index contributed by atoms with van der Waals surface area (Å²) in [5.74, 6) is 0. The Bertz CT molecular complexity index is 543. The lowest BCUT2D eigenvalue weighted by Crippen LogP contribution is -2.49. The van der Waals surface area contributed by atoms with Crippen molar-refractivity contribution in [2.45, 2.75) is 38.9 Å². The highest BCUT2D eigenvalue weighted by Gasteiger charge is 2.35. The molecule has 2 N–H and O–H groups in total. The first-order chi connectivity index (χ1) is 8.29. The van der Waals surface area contributed by atoms with Gasteiger partial charge in [0.2, 0.25) is 0 Å². The minimum absolute atomic E-state index is 0.657. The monoisotopic (exact) mass is 245 g/mol. The molecule has 0 fully saturated rings. The fourth-order valence-electron chi connectivity index (χ4n) is 1.39. The lowest BCUT2D eigenvalue weighted by Gasteiger charge is -2.37. The number of hydrogen-bond donors (Lipinski definition) is 2. The summed E-state index contributed by atoms with van der Waals surface area (Å²) in [5, 5.41) is 10.0. The van der Waals surface area contributed by atoms with Crippen molar-refractivity contribution in [3.8, 4) is 0 Å². The van der Waals surface area contributed by atoms with Gasteiger partial charge in [-0.1, -0.05) is 11.5 Å². The first-order valence-corrected chi connectivity index (χ1v) is 5.96. The van der Waals surface area contributed by atoms with E-state index in [4.69, 9.17) is 4.65 Å². The summed E-state index contributed by atoms with van der Waals surface area (Å²) in [7, 11) is 1.66. The van der Waals surface area contributed by atoms with Gasteiger partial charge in [-0.3, -0.25) is 0 Å². The molecule has 0 aliphatic carbocycles. The van der Waals surface area contributed by atoms with Crippen molar-refractivity contribution in [3.05, 3.63) is 24.5 Å². The second kappa shape index (κ2) is 4.41. The maximum Gasteiger partial charge on any atom is 0.330 e. The largest absolute Gasteiger partial charge is 0.427 e. The lowest BCUT2D eigenvalue weighted by molar-refractivity contribution is -0.0893. The van der Waals surface area contributed by atoms with Crippen LogP contribution in [0.3, 0.4) is 0 Å². The highest BCUT2D eigenvalue weighted by atomic mass is 16.5. The summed E-state index contributed by atoms with van der Waals surface area (Å²) >= 11 is 0. The number of aliphatic hydroxyl groups is 1. The molecule has 0 bridgehead atoms. The third kappa shape index (κ3) is 2.57. The van der Waals surface area contributed by atoms with Gasteiger partial charge in [-0.25, -0.2) is 4.98 Å². The number of nitrogens with zero attached hydrogens (tertiary/aromatic N) is 1. The van der Waals surface area contributed by atoms with Crippen molar-refractivity contribution in [2.75, 3.05) is 0 Å². The van der Waals surface area contributed by atoms with Crippen molar-refractivity contribution in [3.63, 3.8) is 0 Å². The summed E-state index contributed by atoms with van der Waals surface area (Å²) in [6.45, 7) is 7.19. The third-order valence-electron chi connectivity index (χ3n) is 3.41. The predicted octanol–water partition coefficient (Wildman–Crippen LogP) is 1.37. The molecule has 0 unspecified atom stereocenters. The van der Waals surface area contributed by atoms with Gasteiger partial charge in [0, 0.05) is 0 Å². The van der Waals surface area contributed by atoms with E-state index >= 15 is 0 Å². The molecule has 0 atom stereocenters. The smallest absolute Gasteiger partial charge is 0.330 e. The van der Waals surface area contributed by atoms with Crippen LogP contribution in [0.15, 0.2) is 24.5 Å². The molecule has 1 radical (unpaired) electrons. The second-order valence-corrected chi connectivity index (χ2v) is 5.48. The Hall–Kier alpha value is -1.33. The van der Waals surface area contributed by atoms with Crippen LogP contribution in [0.25, 0.3) is 11.0 Å². The van der Waals surface area contributed by atoms with Crippen LogP contribution in [0.4, 0.5) is 0 Å². The van der Waals surface area contributed by atoms with E-state index in [2.05, 4.69) is 9.97 Å². The van der Waals surface area contributed by atoms with E-state index in [1.807, 2.05) is 32.0 Å². The lowest BCUT2D eigenvalue weighted by atomic mass is 9.82. The van der Waals surface area contributed by atoms with Crippen molar-refractivity contribution >= 4 is 24.0 Å². The zero-order chi connectivity index (χ0) is 13.4. The van der Waals surface area contributed by atoms with E-state index in [0.29, 0.717) is 0 Å². The van der Waals surface area contributed by atoms with Gasteiger partial charge in [-0.2, -0.15) is 0 Å². The fourth-order valence-corrected chi connectivity index (χ4v) is 1.39. The molecule has 1 aromatic heterocycles. The topological polar surface area (TPSA) is 58.1 Å². The molecule has 0 aliphatic heterocycles. The molecule has 1 heterocycles. The molecule has 1 aromatic carbocycles. The van der Waals surface area contributed by atoms with Crippen molar-refractivity contribution in [1.82, 2.24) is 9.97 Å². The molecule has 0 spiro atoms. The molecule has 2 rings (SSSR count). The molecular weight excluding hydrogens is 227 g/mol. The van der Waals surface area contributed by atoms with Gasteiger partial charge >= 0.3 is 7.48 Å². The summed E-state index contributed by atoms with van der Waals surface area (Å²) in [5.41, 5.74) is 1.25. The van der Waals surface area contributed by atoms with Gasteiger partial charge in [-0.15, -0.1) is 0 Å². The van der Waals surface area contributed by atoms with Crippen molar-refractivity contribution in [1.29, 1.82) is 0 Å². The molecule has 0 aliphatic rings. The Morgan fingerprint density at radius 2 is 2.00 bits per heavy atom. The Balaban J connectivity index is 2.10. The van der Waals surface area contributed by atoms with Gasteiger partial charge in [-0.05, 0) is 39.8 Å². The maximum absolute atomic E-state index is 10.0. The first-order valence-electron chi connectivity index (χ1n) is 5.96. The third-order valence-corrected chi connectivity index (χ3v) is 3.41. The highest BCUT2D eigenvalue weighted by Crippen LogP contribution is 2.24. The second-order valence-electron chi connectivity index (χ2n) is 5.48. The number of benzene rings is 1. The number of rotatable bonds is 4. The molecule has 4 nitrogen and oxygen atoms in total. The molecule has 95 valence electrons. The van der Waals surface area contributed by atoms with Crippen LogP contribution in [-0.4, -0.2) is 33.8 Å². The Kier molecular flexibility index (Phi) is 3.21. The van der Waals surface area contributed by atoms with E-state index in [-0.39, 0.29) is 0 Å². The van der Waals surface area contributed by atoms with E-state index in [1.165, 1.54) is 0 Å². The number of nitrogens with one attached hydrogen (secondary N) is 1. The van der Waals surface area contributed by atoms with Gasteiger partial charge < -0.3 is 14.7 Å². The van der Waals surface area contributed by atoms with E-state index < -0.39 is 11.2 Å². The average Bonchev–Trinajstić information content (AvgIpc) is 2.71. The van der Waals surface area contributed by atoms with E-state index in [1.54, 1.807) is 27.7 Å². The van der Waals surface area contributed by atoms with Crippen molar-refractivity contribution < 1.29 is 9.76 Å². The Morgan fingerprint density at radius 1 is 1.28 bits per heavy atom. The summed E-state index contributed by atoms with van der Waals surface area (Å²) < 4.78 is 5.70. The quantitative estimate of drug-likeness (QED) is 0.800. The summed E-state index contributed by atoms with van der Waals surface area (Å²) in [6.07, 6.45) is 1.66. The number of aromatic amines is 1. The molecule has 0 saturated heterocycles. The SMILES string of the molecule is CC(C)(O)C(C)(C)O[B]c1ccc2nc[nH]c2c1. The summed E-state index contributed by atoms with van der Waals surface area (Å²) in [6, 6.07) is 5.82. The number of hydrogen-bond acceptors (Lipinski definition) is 3. The van der Waals surface area contributed by atoms with Crippen LogP contribution >= 0.6 is 0 Å². The number of aromatic nitrogens is 2. The van der Waals surface area contributed by atoms with Crippen LogP contribution < -0.4 is 5.46 Å². The number of H-pyrrole nitrogens is 1. The normalized spacial score (nSPS) is 12.9. The Morgan fingerprint density at radius 3 is 2.67 bits per heavy atom. The molecule has 0 amide bonds. The van der Waals surface area contributed by atoms with Gasteiger partial charge in [0.15, 0.2) is 0 Å². The van der Waals surface area contributed by atoms with E-state index in [9.17, 15) is 5.11 Å². The van der Waals surface area contributed by atoms with Crippen LogP contribution in [0, 0.1) is 0 Å². The molecule has 2 aromatic rings. The van der Waals surface area contributed by atoms with Crippen LogP contribution in [0.2, 0.25) is 0 Å². The number of imidazole rings is 1. The van der Waals surface area contributed by atoms with E-state index in [0.717, 1.165) is 16.5 Å². The standard InChI is InChI=1S/C13H18BN2O2/c1-12(2,17)13(3,4)18-14-9-5-6-10-11(7-9)16-8-15-10/h5-8,17H,1-4H3,(H,15,16). The first kappa shape index (κ1) is 13.1. The fraction of sp³-hybridized carbons (Fsp3) is 0.462. The minimum atomic E-state index is -0.915. The number of fused-ring (bicyclic) bond motifs is 1. The van der Waals surface area contributed by atoms with Crippen LogP contribution in [0.1, 0.15) is 27.7 Å². The summed E-state index contributed by atoms with van der Waals surface area (Å²) in [4.78, 5) is 7.21. The molecule has 0 saturated carbocycles. The minimum Gasteiger partial charge on any atom is -0.427 e. The zero-order valence-electron chi connectivity index (χ0n) is 11.2. The molecular formula is C13H18BN2O2. The molecule has 18 heavy (non-hydrogen) atoms. The highest BCUT2D eigenvalue weighted by molar-refractivity contribution is 6.47. The van der Waals surface area contributed by atoms with Crippen LogP contribution in [-0.2, 0) is 4.65 Å². The Labute approximate surface area is 108 Å². The van der Waals surface area contributed by atoms with Gasteiger partial charge in [0.1, 0.15) is 0 Å².